The molecule has 4 nitrogen and oxygen atoms in total. The number of para-hydroxylation sites is 1. The zero-order valence-electron chi connectivity index (χ0n) is 14.2. The van der Waals surface area contributed by atoms with E-state index in [0.717, 1.165) is 16.5 Å². The Balaban J connectivity index is 1.91. The number of nitrogens with one attached hydrogen (secondary N) is 2. The first-order valence-electron chi connectivity index (χ1n) is 8.02. The molecule has 2 N–H and O–H groups in total. The number of amides is 1. The molecule has 0 bridgehead atoms. The van der Waals surface area contributed by atoms with Crippen LogP contribution < -0.4 is 10.6 Å². The van der Waals surface area contributed by atoms with Gasteiger partial charge in [0.2, 0.25) is 0 Å². The maximum Gasteiger partial charge on any atom is 0.269 e. The smallest absolute Gasteiger partial charge is 0.269 e. The van der Waals surface area contributed by atoms with E-state index in [9.17, 15) is 10.1 Å². The van der Waals surface area contributed by atoms with Crippen LogP contribution in [0.3, 0.4) is 0 Å². The molecule has 3 rings (SSSR count). The molecule has 26 heavy (non-hydrogen) atoms. The molecule has 0 aromatic heterocycles. The van der Waals surface area contributed by atoms with E-state index in [0.29, 0.717) is 10.7 Å². The minimum absolute atomic E-state index is 0.0503. The van der Waals surface area contributed by atoms with Gasteiger partial charge in [0.1, 0.15) is 11.6 Å². The maximum absolute atomic E-state index is 12.7. The summed E-state index contributed by atoms with van der Waals surface area (Å²) >= 11 is 1.33. The van der Waals surface area contributed by atoms with Crippen LogP contribution in [0.4, 0.5) is 11.4 Å². The van der Waals surface area contributed by atoms with E-state index in [1.807, 2.05) is 85.1 Å². The number of anilines is 2. The second-order valence-electron chi connectivity index (χ2n) is 5.49. The largest absolute Gasteiger partial charge is 0.349 e. The minimum Gasteiger partial charge on any atom is -0.349 e. The number of nitriles is 1. The molecule has 0 unspecified atom stereocenters. The van der Waals surface area contributed by atoms with Gasteiger partial charge in [0.15, 0.2) is 0 Å². The average Bonchev–Trinajstić information content (AvgIpc) is 2.69. The van der Waals surface area contributed by atoms with E-state index in [4.69, 9.17) is 0 Å². The second-order valence-corrected chi connectivity index (χ2v) is 6.31. The van der Waals surface area contributed by atoms with Crippen LogP contribution in [0.15, 0.2) is 83.4 Å². The van der Waals surface area contributed by atoms with Crippen LogP contribution in [-0.4, -0.2) is 12.2 Å². The van der Waals surface area contributed by atoms with Crippen LogP contribution >= 0.6 is 11.8 Å². The Labute approximate surface area is 156 Å². The zero-order chi connectivity index (χ0) is 18.4. The summed E-state index contributed by atoms with van der Waals surface area (Å²) in [5, 5.41) is 18.0. The minimum atomic E-state index is -0.434. The average molecular weight is 359 g/mol. The molecule has 0 saturated heterocycles. The fraction of sp³-hybridized carbons (Fsp3) is 0.0476. The Morgan fingerprint density at radius 3 is 2.35 bits per heavy atom. The standard InChI is InChI=1S/C21H17N3OS/c1-26-21(23-16-10-3-2-4-11-16)18(14-22)20(25)24-19-13-7-9-15-8-5-6-12-17(15)19/h2-13,23H,1H3,(H,24,25)/b21-18-. The summed E-state index contributed by atoms with van der Waals surface area (Å²) in [6.45, 7) is 0. The molecule has 0 radical (unpaired) electrons. The summed E-state index contributed by atoms with van der Waals surface area (Å²) < 4.78 is 0. The number of benzene rings is 3. The van der Waals surface area contributed by atoms with Crippen molar-refractivity contribution in [1.82, 2.24) is 0 Å². The summed E-state index contributed by atoms with van der Waals surface area (Å²) in [5.74, 6) is -0.434. The summed E-state index contributed by atoms with van der Waals surface area (Å²) in [5.41, 5.74) is 1.55. The lowest BCUT2D eigenvalue weighted by atomic mass is 10.1. The lowest BCUT2D eigenvalue weighted by molar-refractivity contribution is -0.112. The number of carbonyl (C=O) groups is 1. The quantitative estimate of drug-likeness (QED) is 0.498. The van der Waals surface area contributed by atoms with Crippen molar-refractivity contribution in [2.75, 3.05) is 16.9 Å². The molecule has 0 aliphatic heterocycles. The Morgan fingerprint density at radius 1 is 0.923 bits per heavy atom. The van der Waals surface area contributed by atoms with Crippen LogP contribution in [0.5, 0.6) is 0 Å². The highest BCUT2D eigenvalue weighted by atomic mass is 32.2. The van der Waals surface area contributed by atoms with Gasteiger partial charge in [0.05, 0.1) is 5.03 Å². The molecule has 0 fully saturated rings. The maximum atomic E-state index is 12.7. The van der Waals surface area contributed by atoms with E-state index in [-0.39, 0.29) is 5.57 Å². The number of carbonyl (C=O) groups excluding carboxylic acids is 1. The van der Waals surface area contributed by atoms with E-state index in [2.05, 4.69) is 10.6 Å². The monoisotopic (exact) mass is 359 g/mol. The Bertz CT molecular complexity index is 1000. The lowest BCUT2D eigenvalue weighted by Gasteiger charge is -2.12. The van der Waals surface area contributed by atoms with E-state index < -0.39 is 5.91 Å². The van der Waals surface area contributed by atoms with Crippen LogP contribution in [0, 0.1) is 11.3 Å². The lowest BCUT2D eigenvalue weighted by Crippen LogP contribution is -2.17. The molecular weight excluding hydrogens is 342 g/mol. The van der Waals surface area contributed by atoms with Crippen molar-refractivity contribution < 1.29 is 4.79 Å². The SMILES string of the molecule is CS/C(Nc1ccccc1)=C(/C#N)C(=O)Nc1cccc2ccccc12. The number of hydrogen-bond acceptors (Lipinski definition) is 4. The molecule has 0 saturated carbocycles. The number of nitrogens with zero attached hydrogens (tertiary/aromatic N) is 1. The van der Waals surface area contributed by atoms with Crippen molar-refractivity contribution in [3.8, 4) is 6.07 Å². The predicted octanol–water partition coefficient (Wildman–Crippen LogP) is 4.99. The summed E-state index contributed by atoms with van der Waals surface area (Å²) in [4.78, 5) is 12.7. The van der Waals surface area contributed by atoms with Gasteiger partial charge < -0.3 is 10.6 Å². The third kappa shape index (κ3) is 3.88. The number of hydrogen-bond donors (Lipinski definition) is 2. The van der Waals surface area contributed by atoms with E-state index in [1.54, 1.807) is 0 Å². The molecule has 3 aromatic rings. The fourth-order valence-electron chi connectivity index (χ4n) is 2.59. The van der Waals surface area contributed by atoms with Gasteiger partial charge in [0.25, 0.3) is 5.91 Å². The summed E-state index contributed by atoms with van der Waals surface area (Å²) in [6, 6.07) is 25.0. The van der Waals surface area contributed by atoms with E-state index in [1.165, 1.54) is 11.8 Å². The molecule has 0 heterocycles. The third-order valence-electron chi connectivity index (χ3n) is 3.84. The van der Waals surface area contributed by atoms with Gasteiger partial charge >= 0.3 is 0 Å². The first-order chi connectivity index (χ1) is 12.7. The van der Waals surface area contributed by atoms with Gasteiger partial charge in [-0.25, -0.2) is 0 Å². The Hall–Kier alpha value is -3.23. The van der Waals surface area contributed by atoms with Gasteiger partial charge in [-0.05, 0) is 29.8 Å². The van der Waals surface area contributed by atoms with Crippen LogP contribution in [-0.2, 0) is 4.79 Å². The fourth-order valence-corrected chi connectivity index (χ4v) is 3.15. The van der Waals surface area contributed by atoms with Gasteiger partial charge in [-0.1, -0.05) is 54.6 Å². The topological polar surface area (TPSA) is 64.9 Å². The highest BCUT2D eigenvalue weighted by molar-refractivity contribution is 8.02. The predicted molar refractivity (Wildman–Crippen MR) is 109 cm³/mol. The molecular formula is C21H17N3OS. The van der Waals surface area contributed by atoms with Crippen molar-refractivity contribution >= 4 is 39.8 Å². The molecule has 0 spiro atoms. The third-order valence-corrected chi connectivity index (χ3v) is 4.55. The Kier molecular flexibility index (Phi) is 5.57. The Morgan fingerprint density at radius 2 is 1.62 bits per heavy atom. The van der Waals surface area contributed by atoms with Gasteiger partial charge in [-0.3, -0.25) is 4.79 Å². The van der Waals surface area contributed by atoms with Crippen LogP contribution in [0.25, 0.3) is 10.8 Å². The van der Waals surface area contributed by atoms with Crippen LogP contribution in [0.1, 0.15) is 0 Å². The molecule has 0 aliphatic carbocycles. The molecule has 0 aliphatic rings. The van der Waals surface area contributed by atoms with Crippen LogP contribution in [0.2, 0.25) is 0 Å². The highest BCUT2D eigenvalue weighted by Gasteiger charge is 2.16. The number of rotatable bonds is 5. The summed E-state index contributed by atoms with van der Waals surface area (Å²) in [7, 11) is 0. The normalized spacial score (nSPS) is 11.4. The summed E-state index contributed by atoms with van der Waals surface area (Å²) in [6.07, 6.45) is 1.83. The number of fused-ring (bicyclic) bond motifs is 1. The molecule has 128 valence electrons. The van der Waals surface area contributed by atoms with Gasteiger partial charge in [0, 0.05) is 16.8 Å². The van der Waals surface area contributed by atoms with Crippen molar-refractivity contribution in [1.29, 1.82) is 5.26 Å². The first kappa shape index (κ1) is 17.6. The molecule has 1 amide bonds. The molecule has 5 heteroatoms. The molecule has 0 atom stereocenters. The van der Waals surface area contributed by atoms with E-state index >= 15 is 0 Å². The van der Waals surface area contributed by atoms with Crippen molar-refractivity contribution in [2.45, 2.75) is 0 Å². The molecule has 3 aromatic carbocycles. The number of thioether (sulfide) groups is 1. The van der Waals surface area contributed by atoms with Gasteiger partial charge in [-0.15, -0.1) is 11.8 Å². The highest BCUT2D eigenvalue weighted by Crippen LogP contribution is 2.25. The zero-order valence-corrected chi connectivity index (χ0v) is 15.0. The van der Waals surface area contributed by atoms with Crippen molar-refractivity contribution in [2.24, 2.45) is 0 Å². The van der Waals surface area contributed by atoms with Gasteiger partial charge in [-0.2, -0.15) is 5.26 Å². The van der Waals surface area contributed by atoms with Crippen molar-refractivity contribution in [3.05, 3.63) is 83.4 Å². The first-order valence-corrected chi connectivity index (χ1v) is 9.25. The second kappa shape index (κ2) is 8.24. The van der Waals surface area contributed by atoms with Crippen molar-refractivity contribution in [3.63, 3.8) is 0 Å².